The van der Waals surface area contributed by atoms with Crippen molar-refractivity contribution < 1.29 is 4.79 Å². The molecule has 1 saturated carbocycles. The number of amides is 1. The third-order valence-electron chi connectivity index (χ3n) is 3.27. The van der Waals surface area contributed by atoms with E-state index >= 15 is 0 Å². The van der Waals surface area contributed by atoms with Crippen molar-refractivity contribution in [3.63, 3.8) is 0 Å². The Labute approximate surface area is 99.2 Å². The molecule has 0 aromatic rings. The van der Waals surface area contributed by atoms with Crippen LogP contribution in [0.15, 0.2) is 0 Å². The zero-order chi connectivity index (χ0) is 11.6. The molecule has 0 aromatic heterocycles. The molecule has 1 aliphatic rings. The van der Waals surface area contributed by atoms with Gasteiger partial charge < -0.3 is 5.32 Å². The molecule has 1 fully saturated rings. The summed E-state index contributed by atoms with van der Waals surface area (Å²) in [4.78, 5) is 11.8. The van der Waals surface area contributed by atoms with Gasteiger partial charge in [-0.3, -0.25) is 4.79 Å². The van der Waals surface area contributed by atoms with Crippen molar-refractivity contribution in [1.82, 2.24) is 5.32 Å². The number of hydrogen-bond donors (Lipinski definition) is 1. The van der Waals surface area contributed by atoms with Gasteiger partial charge in [0.1, 0.15) is 0 Å². The maximum atomic E-state index is 11.8. The molecule has 90 valence electrons. The molecule has 2 heteroatoms. The van der Waals surface area contributed by atoms with E-state index in [1.807, 2.05) is 0 Å². The molecule has 2 nitrogen and oxygen atoms in total. The molecule has 1 aliphatic carbocycles. The second kappa shape index (κ2) is 8.21. The molecule has 0 saturated heterocycles. The fourth-order valence-corrected chi connectivity index (χ4v) is 2.25. The SMILES string of the molecule is C#CCCCCNC(=O)C1CCCCCC1. The Balaban J connectivity index is 2.11. The van der Waals surface area contributed by atoms with Crippen LogP contribution in [0.2, 0.25) is 0 Å². The van der Waals surface area contributed by atoms with Crippen molar-refractivity contribution in [2.45, 2.75) is 57.8 Å². The Morgan fingerprint density at radius 3 is 2.50 bits per heavy atom. The van der Waals surface area contributed by atoms with Crippen molar-refractivity contribution >= 4 is 5.91 Å². The number of unbranched alkanes of at least 4 members (excludes halogenated alkanes) is 2. The quantitative estimate of drug-likeness (QED) is 0.432. The first-order valence-corrected chi connectivity index (χ1v) is 6.56. The van der Waals surface area contributed by atoms with E-state index < -0.39 is 0 Å². The number of nitrogens with one attached hydrogen (secondary N) is 1. The second-order valence-electron chi connectivity index (χ2n) is 4.64. The van der Waals surface area contributed by atoms with Gasteiger partial charge in [-0.1, -0.05) is 25.7 Å². The molecule has 0 heterocycles. The topological polar surface area (TPSA) is 29.1 Å². The highest BCUT2D eigenvalue weighted by Crippen LogP contribution is 2.22. The number of carbonyl (C=O) groups excluding carboxylic acids is 1. The van der Waals surface area contributed by atoms with Crippen LogP contribution in [0.3, 0.4) is 0 Å². The van der Waals surface area contributed by atoms with Crippen molar-refractivity contribution in [2.75, 3.05) is 6.54 Å². The van der Waals surface area contributed by atoms with Crippen LogP contribution < -0.4 is 5.32 Å². The minimum atomic E-state index is 0.266. The first-order valence-electron chi connectivity index (χ1n) is 6.56. The van der Waals surface area contributed by atoms with Crippen LogP contribution in [0.4, 0.5) is 0 Å². The number of hydrogen-bond acceptors (Lipinski definition) is 1. The Bertz CT molecular complexity index is 234. The van der Waals surface area contributed by atoms with Crippen LogP contribution in [0.1, 0.15) is 57.8 Å². The van der Waals surface area contributed by atoms with E-state index in [0.29, 0.717) is 0 Å². The van der Waals surface area contributed by atoms with Gasteiger partial charge in [-0.05, 0) is 25.7 Å². The van der Waals surface area contributed by atoms with Gasteiger partial charge in [0.2, 0.25) is 5.91 Å². The van der Waals surface area contributed by atoms with Crippen LogP contribution >= 0.6 is 0 Å². The Morgan fingerprint density at radius 2 is 1.88 bits per heavy atom. The van der Waals surface area contributed by atoms with Gasteiger partial charge in [-0.15, -0.1) is 12.3 Å². The average Bonchev–Trinajstić information content (AvgIpc) is 2.57. The fraction of sp³-hybridized carbons (Fsp3) is 0.786. The predicted octanol–water partition coefficient (Wildman–Crippen LogP) is 2.88. The lowest BCUT2D eigenvalue weighted by molar-refractivity contribution is -0.125. The van der Waals surface area contributed by atoms with Gasteiger partial charge in [0.25, 0.3) is 0 Å². The van der Waals surface area contributed by atoms with Crippen molar-refractivity contribution in [2.24, 2.45) is 5.92 Å². The Kier molecular flexibility index (Phi) is 6.72. The smallest absolute Gasteiger partial charge is 0.223 e. The first kappa shape index (κ1) is 13.1. The summed E-state index contributed by atoms with van der Waals surface area (Å²) < 4.78 is 0. The lowest BCUT2D eigenvalue weighted by Crippen LogP contribution is -2.31. The molecule has 16 heavy (non-hydrogen) atoms. The third kappa shape index (κ3) is 5.21. The summed E-state index contributed by atoms with van der Waals surface area (Å²) >= 11 is 0. The second-order valence-corrected chi connectivity index (χ2v) is 4.64. The van der Waals surface area contributed by atoms with Gasteiger partial charge in [0.15, 0.2) is 0 Å². The van der Waals surface area contributed by atoms with Crippen molar-refractivity contribution in [3.8, 4) is 12.3 Å². The number of terminal acetylenes is 1. The number of carbonyl (C=O) groups is 1. The summed E-state index contributed by atoms with van der Waals surface area (Å²) in [5, 5.41) is 3.03. The summed E-state index contributed by atoms with van der Waals surface area (Å²) in [7, 11) is 0. The van der Waals surface area contributed by atoms with Crippen LogP contribution in [-0.2, 0) is 4.79 Å². The third-order valence-corrected chi connectivity index (χ3v) is 3.27. The fourth-order valence-electron chi connectivity index (χ4n) is 2.25. The van der Waals surface area contributed by atoms with E-state index in [0.717, 1.165) is 38.6 Å². The highest BCUT2D eigenvalue weighted by molar-refractivity contribution is 5.78. The maximum Gasteiger partial charge on any atom is 0.223 e. The zero-order valence-corrected chi connectivity index (χ0v) is 10.1. The largest absolute Gasteiger partial charge is 0.356 e. The summed E-state index contributed by atoms with van der Waals surface area (Å²) in [5.41, 5.74) is 0. The molecule has 0 atom stereocenters. The van der Waals surface area contributed by atoms with E-state index in [9.17, 15) is 4.79 Å². The summed E-state index contributed by atoms with van der Waals surface area (Å²) in [5.74, 6) is 3.15. The Morgan fingerprint density at radius 1 is 1.19 bits per heavy atom. The van der Waals surface area contributed by atoms with Gasteiger partial charge >= 0.3 is 0 Å². The van der Waals surface area contributed by atoms with Crippen LogP contribution in [-0.4, -0.2) is 12.5 Å². The Hall–Kier alpha value is -0.970. The summed E-state index contributed by atoms with van der Waals surface area (Å²) in [6.45, 7) is 0.789. The molecule has 0 radical (unpaired) electrons. The lowest BCUT2D eigenvalue weighted by atomic mass is 9.99. The molecule has 0 bridgehead atoms. The van der Waals surface area contributed by atoms with Gasteiger partial charge in [-0.2, -0.15) is 0 Å². The summed E-state index contributed by atoms with van der Waals surface area (Å²) in [6, 6.07) is 0. The zero-order valence-electron chi connectivity index (χ0n) is 10.1. The average molecular weight is 221 g/mol. The minimum Gasteiger partial charge on any atom is -0.356 e. The molecular weight excluding hydrogens is 198 g/mol. The van der Waals surface area contributed by atoms with Gasteiger partial charge in [-0.25, -0.2) is 0 Å². The molecule has 1 amide bonds. The predicted molar refractivity (Wildman–Crippen MR) is 66.9 cm³/mol. The number of rotatable bonds is 5. The van der Waals surface area contributed by atoms with E-state index in [-0.39, 0.29) is 11.8 Å². The van der Waals surface area contributed by atoms with E-state index in [2.05, 4.69) is 11.2 Å². The molecule has 0 unspecified atom stereocenters. The molecule has 0 aromatic carbocycles. The first-order chi connectivity index (χ1) is 7.84. The van der Waals surface area contributed by atoms with Crippen LogP contribution in [0, 0.1) is 18.3 Å². The van der Waals surface area contributed by atoms with E-state index in [1.165, 1.54) is 25.7 Å². The van der Waals surface area contributed by atoms with Crippen LogP contribution in [0.25, 0.3) is 0 Å². The molecule has 1 rings (SSSR count). The highest BCUT2D eigenvalue weighted by atomic mass is 16.1. The maximum absolute atomic E-state index is 11.8. The molecule has 1 N–H and O–H groups in total. The van der Waals surface area contributed by atoms with Crippen molar-refractivity contribution in [1.29, 1.82) is 0 Å². The summed E-state index contributed by atoms with van der Waals surface area (Å²) in [6.07, 6.45) is 15.2. The van der Waals surface area contributed by atoms with Gasteiger partial charge in [0.05, 0.1) is 0 Å². The normalized spacial score (nSPS) is 17.4. The van der Waals surface area contributed by atoms with Crippen LogP contribution in [0.5, 0.6) is 0 Å². The minimum absolute atomic E-state index is 0.266. The lowest BCUT2D eigenvalue weighted by Gasteiger charge is -2.13. The van der Waals surface area contributed by atoms with E-state index in [1.54, 1.807) is 0 Å². The molecular formula is C14H23NO. The monoisotopic (exact) mass is 221 g/mol. The van der Waals surface area contributed by atoms with Crippen molar-refractivity contribution in [3.05, 3.63) is 0 Å². The van der Waals surface area contributed by atoms with E-state index in [4.69, 9.17) is 6.42 Å². The molecule has 0 aliphatic heterocycles. The van der Waals surface area contributed by atoms with Gasteiger partial charge in [0, 0.05) is 18.9 Å². The highest BCUT2D eigenvalue weighted by Gasteiger charge is 2.19. The molecule has 0 spiro atoms. The standard InChI is InChI=1S/C14H23NO/c1-2-3-4-9-12-15-14(16)13-10-7-5-6-8-11-13/h1,13H,3-12H2,(H,15,16).